The van der Waals surface area contributed by atoms with Gasteiger partial charge in [-0.05, 0) is 17.7 Å². The number of fused-ring (bicyclic) bond motifs is 1. The Morgan fingerprint density at radius 2 is 1.95 bits per heavy atom. The molecule has 1 aliphatic heterocycles. The second-order valence-corrected chi connectivity index (χ2v) is 4.51. The minimum absolute atomic E-state index is 0.674. The van der Waals surface area contributed by atoms with E-state index in [-0.39, 0.29) is 0 Å². The summed E-state index contributed by atoms with van der Waals surface area (Å²) in [6, 6.07) is 15.9. The van der Waals surface area contributed by atoms with Crippen LogP contribution in [0.25, 0.3) is 11.1 Å². The molecule has 1 heterocycles. The van der Waals surface area contributed by atoms with Crippen molar-refractivity contribution in [1.29, 1.82) is 5.26 Å². The summed E-state index contributed by atoms with van der Waals surface area (Å²) in [6.07, 6.45) is 0. The van der Waals surface area contributed by atoms with Gasteiger partial charge >= 0.3 is 0 Å². The highest BCUT2D eigenvalue weighted by Crippen LogP contribution is 2.34. The Hall–Kier alpha value is -2.31. The van der Waals surface area contributed by atoms with Crippen LogP contribution in [-0.4, -0.2) is 13.2 Å². The molecular formula is C16H14N2O. The van der Waals surface area contributed by atoms with Crippen LogP contribution in [0.5, 0.6) is 5.75 Å². The van der Waals surface area contributed by atoms with E-state index in [4.69, 9.17) is 10.00 Å². The maximum Gasteiger partial charge on any atom is 0.131 e. The molecule has 2 aromatic carbocycles. The van der Waals surface area contributed by atoms with Gasteiger partial charge < -0.3 is 10.1 Å². The number of rotatable bonds is 1. The summed E-state index contributed by atoms with van der Waals surface area (Å²) in [7, 11) is 0. The average Bonchev–Trinajstić information content (AvgIpc) is 2.72. The highest BCUT2D eigenvalue weighted by atomic mass is 16.5. The normalized spacial score (nSPS) is 13.8. The highest BCUT2D eigenvalue weighted by molar-refractivity contribution is 5.72. The van der Waals surface area contributed by atoms with Gasteiger partial charge in [-0.2, -0.15) is 5.26 Å². The van der Waals surface area contributed by atoms with Crippen LogP contribution in [0.3, 0.4) is 0 Å². The fourth-order valence-corrected chi connectivity index (χ4v) is 2.29. The number of ether oxygens (including phenoxy) is 1. The molecule has 0 fully saturated rings. The Balaban J connectivity index is 2.07. The lowest BCUT2D eigenvalue weighted by Gasteiger charge is -2.12. The zero-order valence-corrected chi connectivity index (χ0v) is 10.5. The second kappa shape index (κ2) is 5.13. The largest absolute Gasteiger partial charge is 0.491 e. The van der Waals surface area contributed by atoms with Crippen LogP contribution >= 0.6 is 0 Å². The Morgan fingerprint density at radius 3 is 2.74 bits per heavy atom. The summed E-state index contributed by atoms with van der Waals surface area (Å²) in [5.41, 5.74) is 4.02. The molecule has 3 nitrogen and oxygen atoms in total. The Bertz CT molecular complexity index is 626. The van der Waals surface area contributed by atoms with Gasteiger partial charge in [0, 0.05) is 24.2 Å². The van der Waals surface area contributed by atoms with Gasteiger partial charge in [0.1, 0.15) is 12.4 Å². The Labute approximate surface area is 112 Å². The molecule has 3 rings (SSSR count). The molecule has 19 heavy (non-hydrogen) atoms. The van der Waals surface area contributed by atoms with Crippen molar-refractivity contribution in [3.05, 3.63) is 53.6 Å². The van der Waals surface area contributed by atoms with E-state index in [1.165, 1.54) is 5.56 Å². The summed E-state index contributed by atoms with van der Waals surface area (Å²) in [4.78, 5) is 0. The molecule has 0 radical (unpaired) electrons. The van der Waals surface area contributed by atoms with Gasteiger partial charge in [0.15, 0.2) is 0 Å². The van der Waals surface area contributed by atoms with E-state index in [0.29, 0.717) is 12.2 Å². The standard InChI is InChI=1S/C16H14N2O/c17-10-12-4-6-13(7-5-12)15-3-1-2-14-11-18-8-9-19-16(14)15/h1-7,18H,8-9,11H2. The van der Waals surface area contributed by atoms with E-state index < -0.39 is 0 Å². The van der Waals surface area contributed by atoms with Gasteiger partial charge in [-0.1, -0.05) is 30.3 Å². The zero-order chi connectivity index (χ0) is 13.1. The van der Waals surface area contributed by atoms with Gasteiger partial charge in [0.2, 0.25) is 0 Å². The first-order valence-corrected chi connectivity index (χ1v) is 6.34. The monoisotopic (exact) mass is 250 g/mol. The predicted octanol–water partition coefficient (Wildman–Crippen LogP) is 2.71. The molecule has 0 bridgehead atoms. The minimum Gasteiger partial charge on any atom is -0.491 e. The first-order chi connectivity index (χ1) is 9.38. The molecule has 0 aromatic heterocycles. The summed E-state index contributed by atoms with van der Waals surface area (Å²) >= 11 is 0. The summed E-state index contributed by atoms with van der Waals surface area (Å²) in [5, 5.41) is 12.2. The fourth-order valence-electron chi connectivity index (χ4n) is 2.29. The number of hydrogen-bond acceptors (Lipinski definition) is 3. The van der Waals surface area contributed by atoms with Crippen LogP contribution in [0.15, 0.2) is 42.5 Å². The topological polar surface area (TPSA) is 45.0 Å². The quantitative estimate of drug-likeness (QED) is 0.846. The summed E-state index contributed by atoms with van der Waals surface area (Å²) in [6.45, 7) is 2.38. The Kier molecular flexibility index (Phi) is 3.18. The molecule has 0 saturated heterocycles. The van der Waals surface area contributed by atoms with E-state index in [9.17, 15) is 0 Å². The molecular weight excluding hydrogens is 236 g/mol. The van der Waals surface area contributed by atoms with Crippen molar-refractivity contribution in [3.63, 3.8) is 0 Å². The number of nitriles is 1. The molecule has 94 valence electrons. The van der Waals surface area contributed by atoms with Crippen molar-refractivity contribution in [2.45, 2.75) is 6.54 Å². The molecule has 1 aliphatic rings. The van der Waals surface area contributed by atoms with Crippen LogP contribution < -0.4 is 10.1 Å². The number of para-hydroxylation sites is 1. The maximum atomic E-state index is 8.85. The van der Waals surface area contributed by atoms with Gasteiger partial charge in [-0.3, -0.25) is 0 Å². The molecule has 0 amide bonds. The Morgan fingerprint density at radius 1 is 1.11 bits per heavy atom. The van der Waals surface area contributed by atoms with E-state index >= 15 is 0 Å². The molecule has 0 spiro atoms. The third-order valence-electron chi connectivity index (χ3n) is 3.26. The van der Waals surface area contributed by atoms with Crippen LogP contribution in [0.2, 0.25) is 0 Å². The lowest BCUT2D eigenvalue weighted by atomic mass is 10.0. The van der Waals surface area contributed by atoms with Crippen molar-refractivity contribution < 1.29 is 4.74 Å². The number of nitrogens with zero attached hydrogens (tertiary/aromatic N) is 1. The van der Waals surface area contributed by atoms with Gasteiger partial charge in [0.05, 0.1) is 11.6 Å². The van der Waals surface area contributed by atoms with E-state index in [1.54, 1.807) is 0 Å². The van der Waals surface area contributed by atoms with Crippen molar-refractivity contribution in [2.24, 2.45) is 0 Å². The van der Waals surface area contributed by atoms with Gasteiger partial charge in [0.25, 0.3) is 0 Å². The minimum atomic E-state index is 0.674. The fraction of sp³-hybridized carbons (Fsp3) is 0.188. The van der Waals surface area contributed by atoms with Gasteiger partial charge in [-0.25, -0.2) is 0 Å². The SMILES string of the molecule is N#Cc1ccc(-c2cccc3c2OCCNC3)cc1. The molecule has 0 saturated carbocycles. The van der Waals surface area contributed by atoms with E-state index in [1.807, 2.05) is 30.3 Å². The van der Waals surface area contributed by atoms with Crippen LogP contribution in [0.1, 0.15) is 11.1 Å². The zero-order valence-electron chi connectivity index (χ0n) is 10.5. The van der Waals surface area contributed by atoms with Crippen molar-refractivity contribution in [1.82, 2.24) is 5.32 Å². The lowest BCUT2D eigenvalue weighted by Crippen LogP contribution is -2.16. The van der Waals surface area contributed by atoms with Crippen LogP contribution in [0.4, 0.5) is 0 Å². The first kappa shape index (κ1) is 11.8. The second-order valence-electron chi connectivity index (χ2n) is 4.51. The average molecular weight is 250 g/mol. The molecule has 3 heteroatoms. The molecule has 2 aromatic rings. The highest BCUT2D eigenvalue weighted by Gasteiger charge is 2.13. The number of hydrogen-bond donors (Lipinski definition) is 1. The van der Waals surface area contributed by atoms with Crippen LogP contribution in [0, 0.1) is 11.3 Å². The van der Waals surface area contributed by atoms with E-state index in [0.717, 1.165) is 30.0 Å². The van der Waals surface area contributed by atoms with Crippen LogP contribution in [-0.2, 0) is 6.54 Å². The predicted molar refractivity (Wildman–Crippen MR) is 73.8 cm³/mol. The van der Waals surface area contributed by atoms with Crippen molar-refractivity contribution in [3.8, 4) is 22.9 Å². The molecule has 0 unspecified atom stereocenters. The van der Waals surface area contributed by atoms with Crippen molar-refractivity contribution >= 4 is 0 Å². The summed E-state index contributed by atoms with van der Waals surface area (Å²) in [5.74, 6) is 0.956. The van der Waals surface area contributed by atoms with Crippen molar-refractivity contribution in [2.75, 3.05) is 13.2 Å². The number of benzene rings is 2. The lowest BCUT2D eigenvalue weighted by molar-refractivity contribution is 0.327. The van der Waals surface area contributed by atoms with E-state index in [2.05, 4.69) is 23.5 Å². The maximum absolute atomic E-state index is 8.85. The first-order valence-electron chi connectivity index (χ1n) is 6.34. The molecule has 1 N–H and O–H groups in total. The molecule has 0 aliphatic carbocycles. The van der Waals surface area contributed by atoms with Gasteiger partial charge in [-0.15, -0.1) is 0 Å². The summed E-state index contributed by atoms with van der Waals surface area (Å²) < 4.78 is 5.86. The smallest absolute Gasteiger partial charge is 0.131 e. The number of nitrogens with one attached hydrogen (secondary N) is 1. The third kappa shape index (κ3) is 2.31. The molecule has 0 atom stereocenters. The third-order valence-corrected chi connectivity index (χ3v) is 3.26.